The van der Waals surface area contributed by atoms with Gasteiger partial charge in [0, 0.05) is 0 Å². The summed E-state index contributed by atoms with van der Waals surface area (Å²) in [5.41, 5.74) is 1.42. The monoisotopic (exact) mass is 220 g/mol. The fraction of sp³-hybridized carbons (Fsp3) is 0.571. The summed E-state index contributed by atoms with van der Waals surface area (Å²) in [7, 11) is 0. The second kappa shape index (κ2) is 5.24. The predicted molar refractivity (Wildman–Crippen MR) is 64.5 cm³/mol. The Kier molecular flexibility index (Phi) is 3.70. The minimum atomic E-state index is -0.222. The normalized spacial score (nSPS) is 25.9. The summed E-state index contributed by atoms with van der Waals surface area (Å²) in [6.07, 6.45) is 13.3. The lowest BCUT2D eigenvalue weighted by Gasteiger charge is -2.22. The fourth-order valence-corrected chi connectivity index (χ4v) is 2.19. The zero-order chi connectivity index (χ0) is 11.4. The number of allylic oxidation sites excluding steroid dienone is 3. The Balaban J connectivity index is 1.92. The Morgan fingerprint density at radius 1 is 1.31 bits per heavy atom. The van der Waals surface area contributed by atoms with Crippen molar-refractivity contribution >= 4 is 0 Å². The summed E-state index contributed by atoms with van der Waals surface area (Å²) in [5.74, 6) is 1.47. The molecule has 2 aliphatic rings. The highest BCUT2D eigenvalue weighted by molar-refractivity contribution is 5.22. The molecule has 0 N–H and O–H groups in total. The maximum atomic E-state index is 5.20. The zero-order valence-electron chi connectivity index (χ0n) is 10.1. The third kappa shape index (κ3) is 2.91. The molecule has 0 radical (unpaired) electrons. The highest BCUT2D eigenvalue weighted by Gasteiger charge is 2.15. The van der Waals surface area contributed by atoms with Crippen LogP contribution in [-0.4, -0.2) is 6.29 Å². The molecule has 1 aliphatic heterocycles. The Hall–Kier alpha value is -1.18. The van der Waals surface area contributed by atoms with Gasteiger partial charge in [0.2, 0.25) is 0 Å². The van der Waals surface area contributed by atoms with E-state index in [1.165, 1.54) is 24.8 Å². The Morgan fingerprint density at radius 2 is 2.06 bits per heavy atom. The van der Waals surface area contributed by atoms with Crippen molar-refractivity contribution in [1.82, 2.24) is 0 Å². The number of hydrogen-bond donors (Lipinski definition) is 0. The average Bonchev–Trinajstić information content (AvgIpc) is 2.79. The van der Waals surface area contributed by atoms with Crippen molar-refractivity contribution in [3.8, 4) is 0 Å². The van der Waals surface area contributed by atoms with E-state index in [0.717, 1.165) is 11.8 Å². The van der Waals surface area contributed by atoms with Crippen LogP contribution in [0.1, 0.15) is 33.1 Å². The topological polar surface area (TPSA) is 18.5 Å². The van der Waals surface area contributed by atoms with E-state index in [9.17, 15) is 0 Å². The molecule has 2 rings (SSSR count). The van der Waals surface area contributed by atoms with Crippen LogP contribution in [0.4, 0.5) is 0 Å². The van der Waals surface area contributed by atoms with Gasteiger partial charge in [0.05, 0.1) is 0 Å². The molecule has 1 heterocycles. The van der Waals surface area contributed by atoms with Crippen LogP contribution in [-0.2, 0) is 9.47 Å². The number of hydrogen-bond acceptors (Lipinski definition) is 2. The minimum absolute atomic E-state index is 0.222. The van der Waals surface area contributed by atoms with Crippen molar-refractivity contribution in [2.24, 2.45) is 11.8 Å². The maximum absolute atomic E-state index is 5.20. The molecule has 1 atom stereocenters. The summed E-state index contributed by atoms with van der Waals surface area (Å²) >= 11 is 0. The molecule has 2 heteroatoms. The van der Waals surface area contributed by atoms with E-state index in [4.69, 9.17) is 9.47 Å². The molecule has 0 fully saturated rings. The summed E-state index contributed by atoms with van der Waals surface area (Å²) in [6.45, 7) is 4.59. The average molecular weight is 220 g/mol. The lowest BCUT2D eigenvalue weighted by Crippen LogP contribution is -2.10. The van der Waals surface area contributed by atoms with E-state index in [-0.39, 0.29) is 6.29 Å². The summed E-state index contributed by atoms with van der Waals surface area (Å²) in [4.78, 5) is 0. The van der Waals surface area contributed by atoms with E-state index in [1.807, 2.05) is 6.08 Å². The molecular formula is C14H20O2. The van der Waals surface area contributed by atoms with Gasteiger partial charge in [-0.05, 0) is 37.2 Å². The molecule has 0 aromatic carbocycles. The molecule has 0 amide bonds. The van der Waals surface area contributed by atoms with E-state index >= 15 is 0 Å². The highest BCUT2D eigenvalue weighted by atomic mass is 16.7. The first-order valence-corrected chi connectivity index (χ1v) is 6.10. The van der Waals surface area contributed by atoms with Crippen LogP contribution in [0.15, 0.2) is 36.3 Å². The second-order valence-electron chi connectivity index (χ2n) is 4.81. The van der Waals surface area contributed by atoms with Crippen molar-refractivity contribution in [2.45, 2.75) is 39.4 Å². The minimum Gasteiger partial charge on any atom is -0.456 e. The maximum Gasteiger partial charge on any atom is 0.259 e. The quantitative estimate of drug-likeness (QED) is 0.720. The van der Waals surface area contributed by atoms with Gasteiger partial charge in [-0.1, -0.05) is 31.6 Å². The van der Waals surface area contributed by atoms with Crippen LogP contribution in [0.5, 0.6) is 0 Å². The van der Waals surface area contributed by atoms with Crippen molar-refractivity contribution in [2.75, 3.05) is 0 Å². The van der Waals surface area contributed by atoms with Gasteiger partial charge in [-0.2, -0.15) is 0 Å². The molecule has 0 saturated heterocycles. The summed E-state index contributed by atoms with van der Waals surface area (Å²) < 4.78 is 10.4. The summed E-state index contributed by atoms with van der Waals surface area (Å²) in [5, 5.41) is 0. The van der Waals surface area contributed by atoms with Gasteiger partial charge in [-0.15, -0.1) is 0 Å². The Bertz CT molecular complexity index is 305. The van der Waals surface area contributed by atoms with E-state index in [2.05, 4.69) is 26.0 Å². The first kappa shape index (κ1) is 11.3. The molecule has 1 unspecified atom stereocenters. The zero-order valence-corrected chi connectivity index (χ0v) is 10.1. The van der Waals surface area contributed by atoms with Crippen molar-refractivity contribution < 1.29 is 9.47 Å². The summed E-state index contributed by atoms with van der Waals surface area (Å²) in [6, 6.07) is 0. The standard InChI is InChI=1S/C14H20O2/c1-11(2)13-5-3-4-12(10-13)6-7-14-15-8-9-16-14/h6-11,13-14H,3-5H2,1-2H3. The number of ether oxygens (including phenoxy) is 2. The molecule has 0 saturated carbocycles. The van der Waals surface area contributed by atoms with Crippen LogP contribution in [0.3, 0.4) is 0 Å². The van der Waals surface area contributed by atoms with Crippen LogP contribution < -0.4 is 0 Å². The lowest BCUT2D eigenvalue weighted by atomic mass is 9.83. The third-order valence-corrected chi connectivity index (χ3v) is 3.24. The van der Waals surface area contributed by atoms with Gasteiger partial charge >= 0.3 is 0 Å². The fourth-order valence-electron chi connectivity index (χ4n) is 2.19. The highest BCUT2D eigenvalue weighted by Crippen LogP contribution is 2.28. The molecule has 1 aliphatic carbocycles. The first-order chi connectivity index (χ1) is 7.75. The van der Waals surface area contributed by atoms with E-state index < -0.39 is 0 Å². The van der Waals surface area contributed by atoms with Gasteiger partial charge in [0.1, 0.15) is 12.5 Å². The molecular weight excluding hydrogens is 200 g/mol. The van der Waals surface area contributed by atoms with Gasteiger partial charge < -0.3 is 9.47 Å². The molecule has 0 aromatic heterocycles. The van der Waals surface area contributed by atoms with Crippen LogP contribution in [0, 0.1) is 11.8 Å². The van der Waals surface area contributed by atoms with Crippen LogP contribution in [0.2, 0.25) is 0 Å². The Labute approximate surface area is 97.6 Å². The van der Waals surface area contributed by atoms with Crippen molar-refractivity contribution in [3.05, 3.63) is 36.3 Å². The molecule has 2 nitrogen and oxygen atoms in total. The molecule has 88 valence electrons. The lowest BCUT2D eigenvalue weighted by molar-refractivity contribution is 0.0191. The van der Waals surface area contributed by atoms with Gasteiger partial charge in [0.15, 0.2) is 0 Å². The van der Waals surface area contributed by atoms with Gasteiger partial charge in [-0.25, -0.2) is 0 Å². The largest absolute Gasteiger partial charge is 0.456 e. The van der Waals surface area contributed by atoms with Crippen LogP contribution in [0.25, 0.3) is 0 Å². The SMILES string of the molecule is CC(C)C1C=C(C=CC2OC=CO2)CCC1. The molecule has 16 heavy (non-hydrogen) atoms. The molecule has 0 aromatic rings. The van der Waals surface area contributed by atoms with Crippen molar-refractivity contribution in [3.63, 3.8) is 0 Å². The van der Waals surface area contributed by atoms with Gasteiger partial charge in [-0.3, -0.25) is 0 Å². The number of rotatable bonds is 3. The first-order valence-electron chi connectivity index (χ1n) is 6.10. The molecule has 0 spiro atoms. The smallest absolute Gasteiger partial charge is 0.259 e. The third-order valence-electron chi connectivity index (χ3n) is 3.24. The molecule has 0 bridgehead atoms. The predicted octanol–water partition coefficient (Wildman–Crippen LogP) is 3.77. The van der Waals surface area contributed by atoms with Gasteiger partial charge in [0.25, 0.3) is 6.29 Å². The van der Waals surface area contributed by atoms with Crippen molar-refractivity contribution in [1.29, 1.82) is 0 Å². The van der Waals surface area contributed by atoms with E-state index in [1.54, 1.807) is 12.5 Å². The Morgan fingerprint density at radius 3 is 2.75 bits per heavy atom. The van der Waals surface area contributed by atoms with Crippen LogP contribution >= 0.6 is 0 Å². The van der Waals surface area contributed by atoms with E-state index in [0.29, 0.717) is 0 Å². The second-order valence-corrected chi connectivity index (χ2v) is 4.81.